The minimum atomic E-state index is -0.225. The monoisotopic (exact) mass is 653 g/mol. The first-order valence-electron chi connectivity index (χ1n) is 17.4. The molecule has 0 spiro atoms. The molecule has 0 unspecified atom stereocenters. The Balaban J connectivity index is 1.14. The molecule has 2 aromatic carbocycles. The summed E-state index contributed by atoms with van der Waals surface area (Å²) in [5.41, 5.74) is 5.87. The maximum atomic E-state index is 13.4. The summed E-state index contributed by atoms with van der Waals surface area (Å²) in [4.78, 5) is 17.9. The lowest BCUT2D eigenvalue weighted by Gasteiger charge is -2.33. The smallest absolute Gasteiger partial charge is 0.319 e. The van der Waals surface area contributed by atoms with Crippen molar-refractivity contribution in [1.29, 1.82) is 0 Å². The number of nitrogens with one attached hydrogen (secondary N) is 2. The van der Waals surface area contributed by atoms with Crippen LogP contribution in [0.4, 0.5) is 16.4 Å². The second kappa shape index (κ2) is 14.5. The molecule has 1 aliphatic heterocycles. The average Bonchev–Trinajstić information content (AvgIpc) is 3.47. The van der Waals surface area contributed by atoms with Crippen LogP contribution in [0.5, 0.6) is 5.75 Å². The normalized spacial score (nSPS) is 19.7. The predicted octanol–water partition coefficient (Wildman–Crippen LogP) is 7.26. The van der Waals surface area contributed by atoms with Gasteiger partial charge in [0.15, 0.2) is 5.65 Å². The first-order valence-corrected chi connectivity index (χ1v) is 17.4. The first kappa shape index (κ1) is 33.7. The van der Waals surface area contributed by atoms with Crippen LogP contribution in [0.2, 0.25) is 0 Å². The van der Waals surface area contributed by atoms with E-state index in [1.54, 1.807) is 0 Å². The highest BCUT2D eigenvalue weighted by Gasteiger charge is 2.30. The molecule has 0 bridgehead atoms. The van der Waals surface area contributed by atoms with Gasteiger partial charge in [-0.2, -0.15) is 0 Å². The highest BCUT2D eigenvalue weighted by molar-refractivity contribution is 5.89. The number of urea groups is 1. The van der Waals surface area contributed by atoms with Crippen molar-refractivity contribution in [2.24, 2.45) is 0 Å². The van der Waals surface area contributed by atoms with E-state index >= 15 is 0 Å². The van der Waals surface area contributed by atoms with Crippen LogP contribution in [0.1, 0.15) is 94.2 Å². The molecule has 2 aliphatic rings. The molecule has 4 aromatic rings. The second-order valence-electron chi connectivity index (χ2n) is 14.6. The number of ether oxygens (including phenoxy) is 2. The van der Waals surface area contributed by atoms with Gasteiger partial charge >= 0.3 is 6.03 Å². The molecule has 256 valence electrons. The number of carbonyl (C=O) groups is 1. The molecule has 2 aromatic heterocycles. The Labute approximate surface area is 284 Å². The molecular weight excluding hydrogens is 602 g/mol. The minimum Gasteiger partial charge on any atom is -0.484 e. The number of rotatable bonds is 10. The number of hydrogen-bond donors (Lipinski definition) is 2. The molecule has 6 rings (SSSR count). The third kappa shape index (κ3) is 7.93. The van der Waals surface area contributed by atoms with Crippen LogP contribution < -0.4 is 20.3 Å². The SMILES string of the molecule is C[C@H]1CCCCN1c1nnc2ccc(O[C@@H]3CC[C@H](NC(=O)Nc4cc(COCCN(C)C)cc(C(C)(C)C)c4)c4ccccc43)cn12. The quantitative estimate of drug-likeness (QED) is 0.174. The number of anilines is 2. The maximum absolute atomic E-state index is 13.4. The number of carbonyl (C=O) groups excluding carboxylic acids is 1. The molecule has 10 heteroatoms. The van der Waals surface area contributed by atoms with E-state index in [0.717, 1.165) is 84.1 Å². The molecular formula is C38H51N7O3. The van der Waals surface area contributed by atoms with Gasteiger partial charge in [-0.1, -0.05) is 51.1 Å². The number of amides is 2. The van der Waals surface area contributed by atoms with Gasteiger partial charge in [0.1, 0.15) is 11.9 Å². The topological polar surface area (TPSA) is 96.3 Å². The second-order valence-corrected chi connectivity index (χ2v) is 14.6. The van der Waals surface area contributed by atoms with E-state index in [2.05, 4.69) is 87.0 Å². The van der Waals surface area contributed by atoms with Gasteiger partial charge in [0.05, 0.1) is 25.5 Å². The van der Waals surface area contributed by atoms with E-state index < -0.39 is 0 Å². The highest BCUT2D eigenvalue weighted by Crippen LogP contribution is 2.39. The summed E-state index contributed by atoms with van der Waals surface area (Å²) >= 11 is 0. The highest BCUT2D eigenvalue weighted by atomic mass is 16.5. The summed E-state index contributed by atoms with van der Waals surface area (Å²) in [6.07, 6.45) is 6.98. The number of fused-ring (bicyclic) bond motifs is 2. The van der Waals surface area contributed by atoms with Gasteiger partial charge in [0.25, 0.3) is 0 Å². The number of hydrogen-bond acceptors (Lipinski definition) is 7. The summed E-state index contributed by atoms with van der Waals surface area (Å²) in [5, 5.41) is 15.3. The van der Waals surface area contributed by atoms with Gasteiger partial charge in [-0.05, 0) is 105 Å². The van der Waals surface area contributed by atoms with Crippen molar-refractivity contribution in [1.82, 2.24) is 24.8 Å². The Morgan fingerprint density at radius 3 is 2.58 bits per heavy atom. The Kier molecular flexibility index (Phi) is 10.2. The fraction of sp³-hybridized carbons (Fsp3) is 0.500. The number of piperidine rings is 1. The summed E-state index contributed by atoms with van der Waals surface area (Å²) in [6, 6.07) is 18.5. The number of aromatic nitrogens is 3. The molecule has 2 N–H and O–H groups in total. The van der Waals surface area contributed by atoms with Crippen LogP contribution >= 0.6 is 0 Å². The molecule has 48 heavy (non-hydrogen) atoms. The Morgan fingerprint density at radius 1 is 1.00 bits per heavy atom. The van der Waals surface area contributed by atoms with E-state index in [1.807, 2.05) is 50.6 Å². The molecule has 0 radical (unpaired) electrons. The zero-order chi connectivity index (χ0) is 33.8. The molecule has 3 heterocycles. The van der Waals surface area contributed by atoms with E-state index in [9.17, 15) is 4.79 Å². The van der Waals surface area contributed by atoms with Crippen molar-refractivity contribution in [2.45, 2.75) is 90.0 Å². The number of pyridine rings is 1. The van der Waals surface area contributed by atoms with Gasteiger partial charge in [0.2, 0.25) is 5.95 Å². The lowest BCUT2D eigenvalue weighted by Crippen LogP contribution is -2.38. The summed E-state index contributed by atoms with van der Waals surface area (Å²) in [7, 11) is 4.07. The average molecular weight is 654 g/mol. The van der Waals surface area contributed by atoms with Crippen molar-refractivity contribution in [3.8, 4) is 5.75 Å². The molecule has 2 amide bonds. The Bertz CT molecular complexity index is 1710. The fourth-order valence-corrected chi connectivity index (χ4v) is 6.75. The summed E-state index contributed by atoms with van der Waals surface area (Å²) in [6.45, 7) is 11.8. The number of nitrogens with zero attached hydrogens (tertiary/aromatic N) is 5. The van der Waals surface area contributed by atoms with E-state index in [0.29, 0.717) is 19.3 Å². The molecule has 1 fully saturated rings. The van der Waals surface area contributed by atoms with Crippen molar-refractivity contribution >= 4 is 23.3 Å². The van der Waals surface area contributed by atoms with E-state index in [-0.39, 0.29) is 23.6 Å². The number of benzene rings is 2. The van der Waals surface area contributed by atoms with Crippen LogP contribution in [0.3, 0.4) is 0 Å². The zero-order valence-electron chi connectivity index (χ0n) is 29.3. The lowest BCUT2D eigenvalue weighted by molar-refractivity contribution is 0.105. The zero-order valence-corrected chi connectivity index (χ0v) is 29.3. The lowest BCUT2D eigenvalue weighted by atomic mass is 9.85. The third-order valence-corrected chi connectivity index (χ3v) is 9.50. The van der Waals surface area contributed by atoms with Crippen molar-refractivity contribution in [3.05, 3.63) is 83.0 Å². The van der Waals surface area contributed by atoms with Gasteiger partial charge in [-0.25, -0.2) is 4.79 Å². The van der Waals surface area contributed by atoms with Gasteiger partial charge < -0.3 is 29.9 Å². The van der Waals surface area contributed by atoms with E-state index in [4.69, 9.17) is 9.47 Å². The predicted molar refractivity (Wildman–Crippen MR) is 191 cm³/mol. The largest absolute Gasteiger partial charge is 0.484 e. The van der Waals surface area contributed by atoms with Crippen molar-refractivity contribution < 1.29 is 14.3 Å². The minimum absolute atomic E-state index is 0.0731. The molecule has 1 saturated heterocycles. The maximum Gasteiger partial charge on any atom is 0.319 e. The van der Waals surface area contributed by atoms with Crippen LogP contribution in [-0.2, 0) is 16.8 Å². The summed E-state index contributed by atoms with van der Waals surface area (Å²) in [5.74, 6) is 1.65. The van der Waals surface area contributed by atoms with Crippen molar-refractivity contribution in [2.75, 3.05) is 44.0 Å². The Morgan fingerprint density at radius 2 is 1.81 bits per heavy atom. The summed E-state index contributed by atoms with van der Waals surface area (Å²) < 4.78 is 14.6. The van der Waals surface area contributed by atoms with Crippen LogP contribution in [-0.4, -0.2) is 65.4 Å². The van der Waals surface area contributed by atoms with Crippen LogP contribution in [0.15, 0.2) is 60.8 Å². The van der Waals surface area contributed by atoms with Gasteiger partial charge in [-0.15, -0.1) is 10.2 Å². The van der Waals surface area contributed by atoms with Gasteiger partial charge in [0, 0.05) is 24.8 Å². The standard InChI is InChI=1S/C38H51N7O3/c1-26-11-9-10-18-44(26)37-42-41-35-17-14-30(24-45(35)37)48-34-16-15-33(31-12-7-8-13-32(31)34)40-36(46)39-29-22-27(25-47-20-19-43(5)6)21-28(23-29)38(2,3)4/h7-8,12-14,17,21-24,26,33-34H,9-11,15-16,18-20,25H2,1-6H3,(H2,39,40,46)/t26-,33-,34+/m0/s1. The third-order valence-electron chi connectivity index (χ3n) is 9.50. The molecule has 3 atom stereocenters. The Hall–Kier alpha value is -4.15. The van der Waals surface area contributed by atoms with Crippen molar-refractivity contribution in [3.63, 3.8) is 0 Å². The van der Waals surface area contributed by atoms with Crippen LogP contribution in [0, 0.1) is 0 Å². The fourth-order valence-electron chi connectivity index (χ4n) is 6.75. The number of likely N-dealkylation sites (N-methyl/N-ethyl adjacent to an activating group) is 1. The molecule has 1 aliphatic carbocycles. The molecule has 0 saturated carbocycles. The molecule has 10 nitrogen and oxygen atoms in total. The van der Waals surface area contributed by atoms with E-state index in [1.165, 1.54) is 6.42 Å². The van der Waals surface area contributed by atoms with Crippen LogP contribution in [0.25, 0.3) is 5.65 Å². The first-order chi connectivity index (χ1) is 23.0. The van der Waals surface area contributed by atoms with Gasteiger partial charge in [-0.3, -0.25) is 4.40 Å².